The molecule has 38 heavy (non-hydrogen) atoms. The second-order valence-corrected chi connectivity index (χ2v) is 9.37. The van der Waals surface area contributed by atoms with Crippen LogP contribution in [0.4, 0.5) is 10.5 Å². The van der Waals surface area contributed by atoms with Gasteiger partial charge in [0, 0.05) is 50.4 Å². The maximum Gasteiger partial charge on any atom is 0.319 e. The maximum absolute atomic E-state index is 13.3. The Morgan fingerprint density at radius 3 is 2.21 bits per heavy atom. The van der Waals surface area contributed by atoms with Crippen molar-refractivity contribution in [1.29, 1.82) is 5.26 Å². The summed E-state index contributed by atoms with van der Waals surface area (Å²) in [5.74, 6) is -0.143. The quantitative estimate of drug-likeness (QED) is 0.435. The van der Waals surface area contributed by atoms with Gasteiger partial charge in [-0.05, 0) is 61.1 Å². The molecular weight excluding hydrogens is 486 g/mol. The third-order valence-corrected chi connectivity index (χ3v) is 6.95. The van der Waals surface area contributed by atoms with E-state index in [1.165, 1.54) is 9.80 Å². The molecule has 0 saturated carbocycles. The van der Waals surface area contributed by atoms with E-state index < -0.39 is 6.03 Å². The van der Waals surface area contributed by atoms with Crippen LogP contribution in [-0.2, 0) is 4.79 Å². The molecule has 0 aromatic heterocycles. The first kappa shape index (κ1) is 28.6. The van der Waals surface area contributed by atoms with Crippen LogP contribution in [0.15, 0.2) is 42.5 Å². The van der Waals surface area contributed by atoms with Crippen LogP contribution in [0.5, 0.6) is 0 Å². The highest BCUT2D eigenvalue weighted by atomic mass is 16.3. The number of hydrogen-bond donors (Lipinski definition) is 3. The number of amides is 4. The van der Waals surface area contributed by atoms with E-state index in [-0.39, 0.29) is 51.1 Å². The molecule has 0 radical (unpaired) electrons. The Balaban J connectivity index is 1.68. The minimum atomic E-state index is -0.746. The van der Waals surface area contributed by atoms with Gasteiger partial charge in [-0.25, -0.2) is 4.79 Å². The van der Waals surface area contributed by atoms with Crippen LogP contribution in [-0.4, -0.2) is 83.8 Å². The van der Waals surface area contributed by atoms with Crippen LogP contribution in [0, 0.1) is 18.3 Å². The van der Waals surface area contributed by atoms with Gasteiger partial charge in [0.25, 0.3) is 5.91 Å². The van der Waals surface area contributed by atoms with E-state index in [1.54, 1.807) is 30.0 Å². The van der Waals surface area contributed by atoms with Crippen molar-refractivity contribution in [1.82, 2.24) is 9.80 Å². The van der Waals surface area contributed by atoms with E-state index in [0.29, 0.717) is 35.8 Å². The number of aryl methyl sites for hydroxylation is 1. The fourth-order valence-corrected chi connectivity index (χ4v) is 4.78. The lowest BCUT2D eigenvalue weighted by molar-refractivity contribution is -0.132. The molecule has 202 valence electrons. The Morgan fingerprint density at radius 1 is 1.03 bits per heavy atom. The lowest BCUT2D eigenvalue weighted by atomic mass is 9.89. The van der Waals surface area contributed by atoms with E-state index in [2.05, 4.69) is 6.07 Å². The lowest BCUT2D eigenvalue weighted by Crippen LogP contribution is -2.42. The Labute approximate surface area is 222 Å². The summed E-state index contributed by atoms with van der Waals surface area (Å²) in [6.45, 7) is 2.67. The van der Waals surface area contributed by atoms with Gasteiger partial charge in [-0.2, -0.15) is 5.26 Å². The van der Waals surface area contributed by atoms with Gasteiger partial charge in [0.15, 0.2) is 0 Å². The minimum Gasteiger partial charge on any atom is -0.395 e. The molecule has 0 spiro atoms. The topological polar surface area (TPSA) is 151 Å². The van der Waals surface area contributed by atoms with E-state index in [4.69, 9.17) is 21.2 Å². The van der Waals surface area contributed by atoms with Gasteiger partial charge in [0.2, 0.25) is 5.91 Å². The zero-order chi connectivity index (χ0) is 27.7. The molecule has 10 nitrogen and oxygen atoms in total. The highest BCUT2D eigenvalue weighted by Crippen LogP contribution is 2.30. The number of rotatable bonds is 10. The number of aliphatic hydroxyl groups is 2. The zero-order valence-corrected chi connectivity index (χ0v) is 21.7. The average Bonchev–Trinajstić information content (AvgIpc) is 2.93. The molecular formula is C28H35N5O5. The summed E-state index contributed by atoms with van der Waals surface area (Å²) in [5, 5.41) is 27.3. The number of anilines is 1. The molecule has 1 heterocycles. The van der Waals surface area contributed by atoms with Gasteiger partial charge in [0.05, 0.1) is 24.8 Å². The summed E-state index contributed by atoms with van der Waals surface area (Å²) >= 11 is 0. The van der Waals surface area contributed by atoms with Crippen LogP contribution in [0.1, 0.15) is 52.2 Å². The fourth-order valence-electron chi connectivity index (χ4n) is 4.78. The Kier molecular flexibility index (Phi) is 10.2. The second kappa shape index (κ2) is 13.6. The first-order chi connectivity index (χ1) is 18.3. The van der Waals surface area contributed by atoms with Crippen LogP contribution in [0.25, 0.3) is 0 Å². The maximum atomic E-state index is 13.3. The van der Waals surface area contributed by atoms with Crippen molar-refractivity contribution in [2.75, 3.05) is 50.8 Å². The Bertz CT molecular complexity index is 1160. The number of carbonyl (C=O) groups is 3. The molecule has 2 aromatic rings. The normalized spacial score (nSPS) is 13.6. The number of primary amides is 1. The monoisotopic (exact) mass is 521 g/mol. The lowest BCUT2D eigenvalue weighted by Gasteiger charge is -2.32. The van der Waals surface area contributed by atoms with Gasteiger partial charge in [-0.3, -0.25) is 14.5 Å². The molecule has 1 saturated heterocycles. The molecule has 0 bridgehead atoms. The SMILES string of the molecule is Cc1ccc(C(=O)N2CCC(c3ccc(C#N)cc3)CC2)cc1N(CCC(=O)N(CCO)CCO)C(N)=O. The largest absolute Gasteiger partial charge is 0.395 e. The number of nitrogens with zero attached hydrogens (tertiary/aromatic N) is 4. The molecule has 0 atom stereocenters. The zero-order valence-electron chi connectivity index (χ0n) is 21.7. The molecule has 4 N–H and O–H groups in total. The molecule has 3 rings (SSSR count). The number of nitriles is 1. The van der Waals surface area contributed by atoms with Gasteiger partial charge in [0.1, 0.15) is 0 Å². The van der Waals surface area contributed by atoms with Gasteiger partial charge < -0.3 is 25.7 Å². The molecule has 0 aliphatic carbocycles. The molecule has 0 unspecified atom stereocenters. The summed E-state index contributed by atoms with van der Waals surface area (Å²) in [6.07, 6.45) is 1.57. The van der Waals surface area contributed by atoms with Crippen molar-refractivity contribution >= 4 is 23.5 Å². The van der Waals surface area contributed by atoms with Crippen LogP contribution in [0.2, 0.25) is 0 Å². The summed E-state index contributed by atoms with van der Waals surface area (Å²) in [6, 6.07) is 14.1. The number of likely N-dealkylation sites (tertiary alicyclic amines) is 1. The smallest absolute Gasteiger partial charge is 0.319 e. The highest BCUT2D eigenvalue weighted by molar-refractivity contribution is 5.98. The van der Waals surface area contributed by atoms with Crippen molar-refractivity contribution in [3.8, 4) is 6.07 Å². The number of piperidine rings is 1. The predicted molar refractivity (Wildman–Crippen MR) is 143 cm³/mol. The standard InChI is InChI=1S/C28H35N5O5/c1-20-2-5-24(18-25(20)33(28(30)38)13-10-26(36)31(14-16-34)15-17-35)27(37)32-11-8-23(9-12-32)22-6-3-21(19-29)4-7-22/h2-7,18,23,34-35H,8-17H2,1H3,(H2,30,38). The first-order valence-electron chi connectivity index (χ1n) is 12.8. The van der Waals surface area contributed by atoms with E-state index in [1.807, 2.05) is 24.3 Å². The van der Waals surface area contributed by atoms with E-state index in [0.717, 1.165) is 24.0 Å². The Morgan fingerprint density at radius 2 is 1.66 bits per heavy atom. The van der Waals surface area contributed by atoms with Crippen LogP contribution in [0.3, 0.4) is 0 Å². The van der Waals surface area contributed by atoms with Crippen molar-refractivity contribution < 1.29 is 24.6 Å². The van der Waals surface area contributed by atoms with Gasteiger partial charge in [-0.15, -0.1) is 0 Å². The summed E-state index contributed by atoms with van der Waals surface area (Å²) in [5.41, 5.74) is 9.05. The number of aliphatic hydroxyl groups excluding tert-OH is 2. The molecule has 4 amide bonds. The van der Waals surface area contributed by atoms with Crippen molar-refractivity contribution in [2.45, 2.75) is 32.1 Å². The summed E-state index contributed by atoms with van der Waals surface area (Å²) < 4.78 is 0. The number of nitrogens with two attached hydrogens (primary N) is 1. The molecule has 1 aliphatic heterocycles. The first-order valence-corrected chi connectivity index (χ1v) is 12.8. The molecule has 1 aliphatic rings. The van der Waals surface area contributed by atoms with Gasteiger partial charge >= 0.3 is 6.03 Å². The van der Waals surface area contributed by atoms with Crippen LogP contribution >= 0.6 is 0 Å². The number of urea groups is 1. The third kappa shape index (κ3) is 7.09. The number of carbonyl (C=O) groups excluding carboxylic acids is 3. The summed E-state index contributed by atoms with van der Waals surface area (Å²) in [4.78, 5) is 42.6. The van der Waals surface area contributed by atoms with E-state index >= 15 is 0 Å². The fraction of sp³-hybridized carbons (Fsp3) is 0.429. The summed E-state index contributed by atoms with van der Waals surface area (Å²) in [7, 11) is 0. The van der Waals surface area contributed by atoms with E-state index in [9.17, 15) is 14.4 Å². The Hall–Kier alpha value is -3.94. The van der Waals surface area contributed by atoms with Crippen molar-refractivity contribution in [3.05, 3.63) is 64.7 Å². The molecule has 10 heteroatoms. The van der Waals surface area contributed by atoms with Crippen LogP contribution < -0.4 is 10.6 Å². The molecule has 1 fully saturated rings. The van der Waals surface area contributed by atoms with Gasteiger partial charge in [-0.1, -0.05) is 18.2 Å². The average molecular weight is 522 g/mol. The minimum absolute atomic E-state index is 0.00398. The van der Waals surface area contributed by atoms with Crippen molar-refractivity contribution in [3.63, 3.8) is 0 Å². The second-order valence-electron chi connectivity index (χ2n) is 9.37. The third-order valence-electron chi connectivity index (χ3n) is 6.95. The number of benzene rings is 2. The number of hydrogen-bond acceptors (Lipinski definition) is 6. The highest BCUT2D eigenvalue weighted by Gasteiger charge is 2.26. The van der Waals surface area contributed by atoms with Crippen molar-refractivity contribution in [2.24, 2.45) is 5.73 Å². The molecule has 2 aromatic carbocycles. The predicted octanol–water partition coefficient (Wildman–Crippen LogP) is 1.97.